The maximum atomic E-state index is 12.2. The normalized spacial score (nSPS) is 18.3. The van der Waals surface area contributed by atoms with E-state index in [1.165, 1.54) is 34.4 Å². The van der Waals surface area contributed by atoms with Gasteiger partial charge in [0.15, 0.2) is 0 Å². The van der Waals surface area contributed by atoms with E-state index in [0.29, 0.717) is 11.2 Å². The van der Waals surface area contributed by atoms with Gasteiger partial charge in [0.1, 0.15) is 11.2 Å². The molecule has 2 aromatic heterocycles. The van der Waals surface area contributed by atoms with E-state index in [1.54, 1.807) is 12.1 Å². The van der Waals surface area contributed by atoms with Crippen LogP contribution in [0.5, 0.6) is 0 Å². The first-order valence-corrected chi connectivity index (χ1v) is 9.93. The van der Waals surface area contributed by atoms with E-state index >= 15 is 0 Å². The molecule has 2 heterocycles. The smallest absolute Gasteiger partial charge is 0.336 e. The second-order valence-electron chi connectivity index (χ2n) is 7.95. The fraction of sp³-hybridized carbons (Fsp3) is 0.0769. The van der Waals surface area contributed by atoms with Crippen molar-refractivity contribution in [3.05, 3.63) is 127 Å². The van der Waals surface area contributed by atoms with Gasteiger partial charge >= 0.3 is 11.3 Å². The van der Waals surface area contributed by atoms with Crippen molar-refractivity contribution >= 4 is 21.9 Å². The molecule has 0 spiro atoms. The largest absolute Gasteiger partial charge is 0.422 e. The summed E-state index contributed by atoms with van der Waals surface area (Å²) in [4.78, 5) is 24.4. The molecule has 8 rings (SSSR count). The molecule has 0 atom stereocenters. The van der Waals surface area contributed by atoms with Gasteiger partial charge in [-0.15, -0.1) is 0 Å². The quantitative estimate of drug-likeness (QED) is 0.273. The molecule has 2 bridgehead atoms. The Kier molecular flexibility index (Phi) is 2.85. The molecule has 4 heteroatoms. The van der Waals surface area contributed by atoms with Gasteiger partial charge in [-0.3, -0.25) is 0 Å². The maximum Gasteiger partial charge on any atom is 0.336 e. The Morgan fingerprint density at radius 2 is 0.867 bits per heavy atom. The van der Waals surface area contributed by atoms with Crippen LogP contribution in [0.2, 0.25) is 0 Å². The van der Waals surface area contributed by atoms with Gasteiger partial charge in [0.05, 0.1) is 0 Å². The molecule has 0 amide bonds. The standard InChI is InChI=1S/C26H14O4/c27-19-11-9-17-18-10-12-20(28)30-26(18)24-22-14-6-2-1-5-13(14)21(23(24)25(17)29-19)15-7-3-4-8-16(15)22/h1-12,21-22H. The summed E-state index contributed by atoms with van der Waals surface area (Å²) in [6.45, 7) is 0. The lowest BCUT2D eigenvalue weighted by molar-refractivity contribution is 0.540. The van der Waals surface area contributed by atoms with Crippen molar-refractivity contribution in [2.24, 2.45) is 0 Å². The summed E-state index contributed by atoms with van der Waals surface area (Å²) in [5.74, 6) is -0.166. The molecule has 142 valence electrons. The number of rotatable bonds is 0. The zero-order chi connectivity index (χ0) is 20.0. The minimum Gasteiger partial charge on any atom is -0.422 e. The molecule has 4 nitrogen and oxygen atoms in total. The molecule has 3 aliphatic rings. The summed E-state index contributed by atoms with van der Waals surface area (Å²) in [5.41, 5.74) is 7.10. The van der Waals surface area contributed by atoms with Crippen molar-refractivity contribution in [1.29, 1.82) is 0 Å². The third-order valence-electron chi connectivity index (χ3n) is 6.55. The Morgan fingerprint density at radius 3 is 1.23 bits per heavy atom. The van der Waals surface area contributed by atoms with Gasteiger partial charge < -0.3 is 8.83 Å². The minimum atomic E-state index is -0.385. The molecule has 3 aromatic carbocycles. The molecule has 0 saturated heterocycles. The Labute approximate surface area is 170 Å². The molecule has 5 aromatic rings. The van der Waals surface area contributed by atoms with E-state index in [-0.39, 0.29) is 23.1 Å². The lowest BCUT2D eigenvalue weighted by Crippen LogP contribution is -2.28. The van der Waals surface area contributed by atoms with Crippen LogP contribution >= 0.6 is 0 Å². The highest BCUT2D eigenvalue weighted by Gasteiger charge is 2.44. The van der Waals surface area contributed by atoms with Crippen LogP contribution in [0.3, 0.4) is 0 Å². The minimum absolute atomic E-state index is 0.0830. The molecular formula is C26H14O4. The zero-order valence-electron chi connectivity index (χ0n) is 15.7. The van der Waals surface area contributed by atoms with E-state index in [4.69, 9.17) is 8.83 Å². The van der Waals surface area contributed by atoms with Gasteiger partial charge in [0, 0.05) is 45.9 Å². The van der Waals surface area contributed by atoms with Gasteiger partial charge in [-0.25, -0.2) is 9.59 Å². The molecule has 0 radical (unpaired) electrons. The van der Waals surface area contributed by atoms with Crippen LogP contribution in [-0.2, 0) is 0 Å². The van der Waals surface area contributed by atoms with Gasteiger partial charge in [0.2, 0.25) is 0 Å². The Balaban J connectivity index is 1.78. The van der Waals surface area contributed by atoms with Crippen LogP contribution < -0.4 is 11.3 Å². The molecule has 3 aliphatic carbocycles. The summed E-state index contributed by atoms with van der Waals surface area (Å²) in [7, 11) is 0. The van der Waals surface area contributed by atoms with Gasteiger partial charge in [0.25, 0.3) is 0 Å². The predicted octanol–water partition coefficient (Wildman–Crippen LogP) is 4.89. The molecule has 30 heavy (non-hydrogen) atoms. The fourth-order valence-corrected chi connectivity index (χ4v) is 5.51. The van der Waals surface area contributed by atoms with Crippen LogP contribution in [0.1, 0.15) is 45.2 Å². The van der Waals surface area contributed by atoms with Crippen LogP contribution in [-0.4, -0.2) is 0 Å². The van der Waals surface area contributed by atoms with Crippen molar-refractivity contribution < 1.29 is 8.83 Å². The van der Waals surface area contributed by atoms with Crippen LogP contribution in [0.25, 0.3) is 21.9 Å². The Morgan fingerprint density at radius 1 is 0.500 bits per heavy atom. The Hall–Kier alpha value is -3.92. The monoisotopic (exact) mass is 390 g/mol. The van der Waals surface area contributed by atoms with E-state index in [9.17, 15) is 9.59 Å². The van der Waals surface area contributed by atoms with Gasteiger partial charge in [-0.1, -0.05) is 48.5 Å². The molecule has 0 fully saturated rings. The lowest BCUT2D eigenvalue weighted by atomic mass is 9.60. The number of benzene rings is 3. The third kappa shape index (κ3) is 1.81. The van der Waals surface area contributed by atoms with Gasteiger partial charge in [-0.05, 0) is 34.4 Å². The first kappa shape index (κ1) is 15.9. The first-order chi connectivity index (χ1) is 14.7. The average Bonchev–Trinajstić information content (AvgIpc) is 2.78. The highest BCUT2D eigenvalue weighted by Crippen LogP contribution is 2.58. The number of hydrogen-bond acceptors (Lipinski definition) is 4. The van der Waals surface area contributed by atoms with Crippen molar-refractivity contribution in [3.8, 4) is 0 Å². The van der Waals surface area contributed by atoms with E-state index in [2.05, 4.69) is 24.3 Å². The SMILES string of the molecule is O=c1ccc2c(o1)c1c(c3oc(=O)ccc32)C2c3ccccc3C1c1ccccc12. The van der Waals surface area contributed by atoms with Crippen LogP contribution in [0, 0.1) is 0 Å². The first-order valence-electron chi connectivity index (χ1n) is 9.93. The maximum absolute atomic E-state index is 12.2. The molecule has 0 saturated carbocycles. The number of hydrogen-bond donors (Lipinski definition) is 0. The molecular weight excluding hydrogens is 376 g/mol. The van der Waals surface area contributed by atoms with Crippen molar-refractivity contribution in [3.63, 3.8) is 0 Å². The highest BCUT2D eigenvalue weighted by atomic mass is 16.4. The van der Waals surface area contributed by atoms with Crippen molar-refractivity contribution in [1.82, 2.24) is 0 Å². The highest BCUT2D eigenvalue weighted by molar-refractivity contribution is 6.08. The fourth-order valence-electron chi connectivity index (χ4n) is 5.51. The summed E-state index contributed by atoms with van der Waals surface area (Å²) < 4.78 is 11.6. The molecule has 0 unspecified atom stereocenters. The van der Waals surface area contributed by atoms with Crippen LogP contribution in [0.15, 0.2) is 91.2 Å². The lowest BCUT2D eigenvalue weighted by Gasteiger charge is -2.42. The third-order valence-corrected chi connectivity index (χ3v) is 6.55. The van der Waals surface area contributed by atoms with E-state index in [1.807, 2.05) is 24.3 Å². The summed E-state index contributed by atoms with van der Waals surface area (Å²) in [6.07, 6.45) is 0. The summed E-state index contributed by atoms with van der Waals surface area (Å²) >= 11 is 0. The van der Waals surface area contributed by atoms with E-state index < -0.39 is 0 Å². The zero-order valence-corrected chi connectivity index (χ0v) is 15.7. The van der Waals surface area contributed by atoms with E-state index in [0.717, 1.165) is 21.9 Å². The molecule has 0 aliphatic heterocycles. The Bertz CT molecular complexity index is 1480. The topological polar surface area (TPSA) is 60.4 Å². The van der Waals surface area contributed by atoms with Gasteiger partial charge in [-0.2, -0.15) is 0 Å². The second-order valence-corrected chi connectivity index (χ2v) is 7.95. The second kappa shape index (κ2) is 5.36. The molecule has 0 N–H and O–H groups in total. The van der Waals surface area contributed by atoms with Crippen molar-refractivity contribution in [2.45, 2.75) is 11.8 Å². The van der Waals surface area contributed by atoms with Crippen molar-refractivity contribution in [2.75, 3.05) is 0 Å². The summed E-state index contributed by atoms with van der Waals surface area (Å²) in [5, 5.41) is 1.57. The predicted molar refractivity (Wildman–Crippen MR) is 113 cm³/mol. The van der Waals surface area contributed by atoms with Crippen LogP contribution in [0.4, 0.5) is 0 Å². The summed E-state index contributed by atoms with van der Waals surface area (Å²) in [6, 6.07) is 23.1. The average molecular weight is 390 g/mol. The number of fused-ring (bicyclic) bond motifs is 3.